The molecule has 9 heteroatoms. The number of hydrazone groups is 1. The minimum Gasteiger partial charge on any atom is -0.378 e. The normalized spacial score (nSPS) is 14.8. The summed E-state index contributed by atoms with van der Waals surface area (Å²) < 4.78 is 7.42. The van der Waals surface area contributed by atoms with Gasteiger partial charge in [-0.05, 0) is 18.6 Å². The van der Waals surface area contributed by atoms with E-state index in [9.17, 15) is 4.79 Å². The van der Waals surface area contributed by atoms with Crippen molar-refractivity contribution < 1.29 is 9.53 Å². The van der Waals surface area contributed by atoms with Gasteiger partial charge in [0.2, 0.25) is 6.41 Å². The number of fused-ring (bicyclic) bond motifs is 1. The molecule has 0 unspecified atom stereocenters. The smallest absolute Gasteiger partial charge is 0.227 e. The fourth-order valence-electron chi connectivity index (χ4n) is 3.29. The number of pyridine rings is 1. The molecule has 148 valence electrons. The van der Waals surface area contributed by atoms with Crippen LogP contribution in [0.15, 0.2) is 40.5 Å². The molecular weight excluding hydrogens is 380 g/mol. The van der Waals surface area contributed by atoms with Crippen LogP contribution < -0.4 is 5.43 Å². The molecule has 3 rings (SSSR count). The zero-order chi connectivity index (χ0) is 19.9. The maximum absolute atomic E-state index is 10.4. The van der Waals surface area contributed by atoms with Gasteiger partial charge in [-0.2, -0.15) is 5.10 Å². The number of amides is 1. The molecule has 0 radical (unpaired) electrons. The highest BCUT2D eigenvalue weighted by atomic mass is 35.5. The Bertz CT molecular complexity index is 888. The third-order valence-electron chi connectivity index (χ3n) is 4.61. The van der Waals surface area contributed by atoms with E-state index in [2.05, 4.69) is 36.0 Å². The predicted molar refractivity (Wildman–Crippen MR) is 107 cm³/mol. The molecule has 0 saturated carbocycles. The molecule has 2 aromatic rings. The molecule has 1 aliphatic heterocycles. The van der Waals surface area contributed by atoms with E-state index in [0.29, 0.717) is 31.1 Å². The first-order valence-electron chi connectivity index (χ1n) is 8.92. The lowest BCUT2D eigenvalue weighted by atomic mass is 10.1. The molecule has 8 nitrogen and oxygen atoms in total. The van der Waals surface area contributed by atoms with Crippen molar-refractivity contribution in [3.05, 3.63) is 58.0 Å². The van der Waals surface area contributed by atoms with Gasteiger partial charge in [0.05, 0.1) is 49.3 Å². The van der Waals surface area contributed by atoms with E-state index < -0.39 is 0 Å². The number of carbonyl (C=O) groups is 1. The second-order valence-electron chi connectivity index (χ2n) is 6.40. The minimum absolute atomic E-state index is 0.484. The van der Waals surface area contributed by atoms with E-state index in [-0.39, 0.29) is 0 Å². The topological polar surface area (TPSA) is 84.6 Å². The quantitative estimate of drug-likeness (QED) is 0.415. The van der Waals surface area contributed by atoms with Crippen LogP contribution in [0.5, 0.6) is 0 Å². The highest BCUT2D eigenvalue weighted by Gasteiger charge is 2.23. The number of nitrogens with one attached hydrogen (secondary N) is 1. The van der Waals surface area contributed by atoms with Gasteiger partial charge in [-0.25, -0.2) is 10.4 Å². The van der Waals surface area contributed by atoms with Gasteiger partial charge in [0.1, 0.15) is 0 Å². The summed E-state index contributed by atoms with van der Waals surface area (Å²) in [6.07, 6.45) is 6.56. The fraction of sp³-hybridized carbons (Fsp3) is 0.368. The number of carbonyl (C=O) groups excluding carboxylic acids is 1. The van der Waals surface area contributed by atoms with Crippen molar-refractivity contribution in [1.82, 2.24) is 24.9 Å². The summed E-state index contributed by atoms with van der Waals surface area (Å²) in [6.45, 7) is 4.41. The van der Waals surface area contributed by atoms with Crippen molar-refractivity contribution in [2.24, 2.45) is 5.10 Å². The molecule has 0 aromatic carbocycles. The maximum Gasteiger partial charge on any atom is 0.227 e. The molecule has 1 N–H and O–H groups in total. The Balaban J connectivity index is 1.78. The summed E-state index contributed by atoms with van der Waals surface area (Å²) in [5.41, 5.74) is 7.32. The van der Waals surface area contributed by atoms with Gasteiger partial charge in [0, 0.05) is 37.0 Å². The van der Waals surface area contributed by atoms with Crippen molar-refractivity contribution in [1.29, 1.82) is 0 Å². The second kappa shape index (κ2) is 9.48. The van der Waals surface area contributed by atoms with Gasteiger partial charge >= 0.3 is 0 Å². The van der Waals surface area contributed by atoms with E-state index >= 15 is 0 Å². The summed E-state index contributed by atoms with van der Waals surface area (Å²) in [6, 6.07) is 4.00. The van der Waals surface area contributed by atoms with Gasteiger partial charge in [0.25, 0.3) is 0 Å². The van der Waals surface area contributed by atoms with Crippen LogP contribution in [0.1, 0.15) is 29.6 Å². The summed E-state index contributed by atoms with van der Waals surface area (Å²) in [5.74, 6) is 0. The molecular formula is C19H23ClN6O2. The molecule has 3 heterocycles. The molecule has 1 amide bonds. The minimum atomic E-state index is 0.484. The number of ether oxygens (including phenoxy) is 1. The van der Waals surface area contributed by atoms with Gasteiger partial charge in [-0.1, -0.05) is 17.7 Å². The molecule has 0 fully saturated rings. The number of nitrogens with zero attached hydrogens (tertiary/aromatic N) is 5. The molecule has 0 atom stereocenters. The van der Waals surface area contributed by atoms with E-state index in [4.69, 9.17) is 16.3 Å². The Morgan fingerprint density at radius 1 is 1.46 bits per heavy atom. The maximum atomic E-state index is 10.4. The fourth-order valence-corrected chi connectivity index (χ4v) is 3.46. The Morgan fingerprint density at radius 2 is 2.32 bits per heavy atom. The first-order valence-corrected chi connectivity index (χ1v) is 9.30. The molecule has 1 aliphatic rings. The Hall–Kier alpha value is -2.71. The highest BCUT2D eigenvalue weighted by Crippen LogP contribution is 2.24. The molecule has 0 bridgehead atoms. The average Bonchev–Trinajstić information content (AvgIpc) is 3.09. The van der Waals surface area contributed by atoms with Crippen molar-refractivity contribution in [3.8, 4) is 0 Å². The number of rotatable bonds is 8. The van der Waals surface area contributed by atoms with Gasteiger partial charge in [-0.3, -0.25) is 9.78 Å². The third kappa shape index (κ3) is 4.58. The standard InChI is InChI=1S/C19H23ClN6O2/c1-14(20)19(8-23-24-13-27)25-7-5-18-16(10-25)22-12-26(18)9-15-4-3-6-21-17(15)11-28-2/h3-4,6,8,12-13H,5,7,9-11H2,1-2H3,(H,24,27)/b19-14-,23-8-. The Kier molecular flexibility index (Phi) is 6.78. The van der Waals surface area contributed by atoms with Crippen LogP contribution in [0, 0.1) is 0 Å². The van der Waals surface area contributed by atoms with Crippen LogP contribution in [0.4, 0.5) is 0 Å². The van der Waals surface area contributed by atoms with Gasteiger partial charge in [0.15, 0.2) is 0 Å². The third-order valence-corrected chi connectivity index (χ3v) is 4.80. The van der Waals surface area contributed by atoms with Crippen LogP contribution in [-0.2, 0) is 35.6 Å². The number of aromatic nitrogens is 3. The van der Waals surface area contributed by atoms with Gasteiger partial charge < -0.3 is 14.2 Å². The summed E-state index contributed by atoms with van der Waals surface area (Å²) in [7, 11) is 1.67. The van der Waals surface area contributed by atoms with E-state index in [0.717, 1.165) is 35.6 Å². The average molecular weight is 403 g/mol. The number of methoxy groups -OCH3 is 1. The number of hydrogen-bond donors (Lipinski definition) is 1. The van der Waals surface area contributed by atoms with Crippen LogP contribution in [0.2, 0.25) is 0 Å². The molecule has 28 heavy (non-hydrogen) atoms. The lowest BCUT2D eigenvalue weighted by molar-refractivity contribution is -0.109. The Labute approximate surface area is 168 Å². The molecule has 0 aliphatic carbocycles. The lowest BCUT2D eigenvalue weighted by Crippen LogP contribution is -2.32. The van der Waals surface area contributed by atoms with Crippen molar-refractivity contribution in [3.63, 3.8) is 0 Å². The zero-order valence-corrected chi connectivity index (χ0v) is 16.7. The van der Waals surface area contributed by atoms with Crippen LogP contribution in [0.25, 0.3) is 0 Å². The zero-order valence-electron chi connectivity index (χ0n) is 15.9. The predicted octanol–water partition coefficient (Wildman–Crippen LogP) is 2.03. The van der Waals surface area contributed by atoms with Crippen LogP contribution in [0.3, 0.4) is 0 Å². The van der Waals surface area contributed by atoms with E-state index in [1.807, 2.05) is 12.4 Å². The number of allylic oxidation sites excluding steroid dienone is 2. The SMILES string of the molecule is COCc1ncccc1Cn1cnc2c1CCN(C(/C=N\NC=O)=C(/C)Cl)C2. The Morgan fingerprint density at radius 3 is 3.07 bits per heavy atom. The lowest BCUT2D eigenvalue weighted by Gasteiger charge is -2.30. The highest BCUT2D eigenvalue weighted by molar-refractivity contribution is 6.30. The molecule has 0 spiro atoms. The van der Waals surface area contributed by atoms with E-state index in [1.165, 1.54) is 5.69 Å². The first kappa shape index (κ1) is 20.0. The second-order valence-corrected chi connectivity index (χ2v) is 6.97. The monoisotopic (exact) mass is 402 g/mol. The number of halogens is 1. The molecule has 0 saturated heterocycles. The first-order chi connectivity index (χ1) is 13.6. The summed E-state index contributed by atoms with van der Waals surface area (Å²) in [5, 5.41) is 4.47. The van der Waals surface area contributed by atoms with Crippen molar-refractivity contribution in [2.45, 2.75) is 33.0 Å². The van der Waals surface area contributed by atoms with Crippen molar-refractivity contribution >= 4 is 24.2 Å². The summed E-state index contributed by atoms with van der Waals surface area (Å²) in [4.78, 5) is 21.5. The van der Waals surface area contributed by atoms with E-state index in [1.54, 1.807) is 26.4 Å². The largest absolute Gasteiger partial charge is 0.378 e. The summed E-state index contributed by atoms with van der Waals surface area (Å²) >= 11 is 6.23. The van der Waals surface area contributed by atoms with Gasteiger partial charge in [-0.15, -0.1) is 0 Å². The van der Waals surface area contributed by atoms with Crippen LogP contribution in [-0.4, -0.2) is 45.7 Å². The number of imidazole rings is 1. The van der Waals surface area contributed by atoms with Crippen LogP contribution >= 0.6 is 11.6 Å². The van der Waals surface area contributed by atoms with Crippen molar-refractivity contribution in [2.75, 3.05) is 13.7 Å². The number of hydrogen-bond acceptors (Lipinski definition) is 6. The molecule has 2 aromatic heterocycles.